The molecule has 0 aliphatic heterocycles. The van der Waals surface area contributed by atoms with Crippen LogP contribution in [0.1, 0.15) is 18.8 Å². The van der Waals surface area contributed by atoms with Gasteiger partial charge in [0.1, 0.15) is 11.6 Å². The Labute approximate surface area is 178 Å². The average Bonchev–Trinajstić information content (AvgIpc) is 2.71. The molecule has 158 valence electrons. The van der Waals surface area contributed by atoms with E-state index in [-0.39, 0.29) is 18.7 Å². The fourth-order valence-corrected chi connectivity index (χ4v) is 3.37. The Balaban J connectivity index is 1.97. The molecule has 7 nitrogen and oxygen atoms in total. The van der Waals surface area contributed by atoms with Crippen molar-refractivity contribution < 1.29 is 13.9 Å². The second kappa shape index (κ2) is 9.23. The molecule has 0 spiro atoms. The monoisotopic (exact) mass is 432 g/mol. The number of hydrogen-bond donors (Lipinski definition) is 1. The Hall–Kier alpha value is -2.97. The number of nitrogens with one attached hydrogen (secondary N) is 1. The lowest BCUT2D eigenvalue weighted by Crippen LogP contribution is -2.41. The van der Waals surface area contributed by atoms with Gasteiger partial charge in [-0.15, -0.1) is 0 Å². The van der Waals surface area contributed by atoms with Gasteiger partial charge in [-0.3, -0.25) is 9.36 Å². The number of nitrogens with zero attached hydrogens (tertiary/aromatic N) is 3. The third-order valence-electron chi connectivity index (χ3n) is 4.79. The average molecular weight is 433 g/mol. The first-order chi connectivity index (χ1) is 14.3. The highest BCUT2D eigenvalue weighted by Crippen LogP contribution is 2.22. The van der Waals surface area contributed by atoms with Crippen LogP contribution >= 0.6 is 11.6 Å². The van der Waals surface area contributed by atoms with Crippen LogP contribution in [0.15, 0.2) is 47.3 Å². The van der Waals surface area contributed by atoms with Gasteiger partial charge in [0.2, 0.25) is 0 Å². The van der Waals surface area contributed by atoms with Gasteiger partial charge in [-0.1, -0.05) is 17.7 Å². The summed E-state index contributed by atoms with van der Waals surface area (Å²) >= 11 is 6.01. The molecule has 0 aliphatic carbocycles. The summed E-state index contributed by atoms with van der Waals surface area (Å²) in [6.07, 6.45) is 0. The molecule has 0 saturated heterocycles. The summed E-state index contributed by atoms with van der Waals surface area (Å²) in [5, 5.41) is 3.52. The summed E-state index contributed by atoms with van der Waals surface area (Å²) in [5.41, 5.74) is 0.549. The number of benzene rings is 2. The van der Waals surface area contributed by atoms with Crippen molar-refractivity contribution in [1.82, 2.24) is 14.5 Å². The number of ether oxygens (including phenoxy) is 1. The summed E-state index contributed by atoms with van der Waals surface area (Å²) in [6, 6.07) is 9.49. The van der Waals surface area contributed by atoms with Crippen LogP contribution in [0.25, 0.3) is 10.9 Å². The fraction of sp³-hybridized carbons (Fsp3) is 0.286. The number of carbonyl (C=O) groups is 1. The number of carbonyl (C=O) groups excluding carboxylic acids is 1. The van der Waals surface area contributed by atoms with Crippen LogP contribution in [0.4, 0.5) is 14.9 Å². The van der Waals surface area contributed by atoms with E-state index in [0.717, 1.165) is 0 Å². The highest BCUT2D eigenvalue weighted by molar-refractivity contribution is 6.31. The van der Waals surface area contributed by atoms with E-state index in [2.05, 4.69) is 10.3 Å². The molecule has 1 heterocycles. The van der Waals surface area contributed by atoms with Crippen LogP contribution in [-0.4, -0.2) is 40.7 Å². The summed E-state index contributed by atoms with van der Waals surface area (Å²) in [5.74, 6) is -0.0538. The zero-order valence-corrected chi connectivity index (χ0v) is 17.6. The predicted molar refractivity (Wildman–Crippen MR) is 114 cm³/mol. The fourth-order valence-electron chi connectivity index (χ4n) is 3.20. The zero-order valence-electron chi connectivity index (χ0n) is 16.9. The first-order valence-electron chi connectivity index (χ1n) is 9.30. The number of aromatic nitrogens is 2. The first kappa shape index (κ1) is 21.7. The molecule has 0 saturated carbocycles. The van der Waals surface area contributed by atoms with E-state index in [9.17, 15) is 14.0 Å². The zero-order chi connectivity index (χ0) is 21.8. The molecule has 30 heavy (non-hydrogen) atoms. The van der Waals surface area contributed by atoms with Crippen molar-refractivity contribution in [3.05, 3.63) is 69.5 Å². The number of methoxy groups -OCH3 is 1. The number of urea groups is 1. The Bertz CT molecular complexity index is 1130. The molecule has 0 fully saturated rings. The van der Waals surface area contributed by atoms with Crippen molar-refractivity contribution in [1.29, 1.82) is 0 Å². The second-order valence-electron chi connectivity index (χ2n) is 6.80. The van der Waals surface area contributed by atoms with Gasteiger partial charge in [-0.25, -0.2) is 14.2 Å². The van der Waals surface area contributed by atoms with Crippen molar-refractivity contribution in [2.24, 2.45) is 7.05 Å². The number of amides is 2. The molecule has 1 unspecified atom stereocenters. The number of anilines is 1. The van der Waals surface area contributed by atoms with E-state index >= 15 is 0 Å². The molecule has 3 rings (SSSR count). The maximum absolute atomic E-state index is 13.5. The van der Waals surface area contributed by atoms with Crippen LogP contribution < -0.4 is 10.9 Å². The van der Waals surface area contributed by atoms with Crippen molar-refractivity contribution >= 4 is 34.2 Å². The minimum Gasteiger partial charge on any atom is -0.383 e. The van der Waals surface area contributed by atoms with Gasteiger partial charge in [0.25, 0.3) is 5.56 Å². The predicted octanol–water partition coefficient (Wildman–Crippen LogP) is 3.97. The van der Waals surface area contributed by atoms with E-state index < -0.39 is 17.9 Å². The van der Waals surface area contributed by atoms with Crippen LogP contribution in [0.2, 0.25) is 5.02 Å². The minimum absolute atomic E-state index is 0.243. The van der Waals surface area contributed by atoms with Crippen LogP contribution in [0, 0.1) is 5.82 Å². The van der Waals surface area contributed by atoms with Crippen LogP contribution in [0.3, 0.4) is 0 Å². The Kier molecular flexibility index (Phi) is 6.69. The van der Waals surface area contributed by atoms with Gasteiger partial charge in [-0.2, -0.15) is 0 Å². The van der Waals surface area contributed by atoms with Crippen molar-refractivity contribution in [2.75, 3.05) is 25.6 Å². The van der Waals surface area contributed by atoms with E-state index in [1.54, 1.807) is 38.2 Å². The van der Waals surface area contributed by atoms with Gasteiger partial charge < -0.3 is 15.0 Å². The van der Waals surface area contributed by atoms with Gasteiger partial charge in [0, 0.05) is 31.4 Å². The normalized spacial score (nSPS) is 12.0. The molecular weight excluding hydrogens is 411 g/mol. The molecule has 0 radical (unpaired) electrons. The molecule has 2 aromatic carbocycles. The Morgan fingerprint density at radius 2 is 2.10 bits per heavy atom. The lowest BCUT2D eigenvalue weighted by molar-refractivity contribution is 0.136. The van der Waals surface area contributed by atoms with E-state index in [1.807, 2.05) is 0 Å². The number of rotatable bonds is 6. The third kappa shape index (κ3) is 4.60. The van der Waals surface area contributed by atoms with E-state index in [0.29, 0.717) is 27.4 Å². The van der Waals surface area contributed by atoms with Gasteiger partial charge in [-0.05, 0) is 43.3 Å². The van der Waals surface area contributed by atoms with Crippen molar-refractivity contribution in [2.45, 2.75) is 13.0 Å². The molecule has 1 N–H and O–H groups in total. The highest BCUT2D eigenvalue weighted by Gasteiger charge is 2.25. The topological polar surface area (TPSA) is 76.5 Å². The second-order valence-corrected chi connectivity index (χ2v) is 7.23. The number of hydrogen-bond acceptors (Lipinski definition) is 4. The molecular formula is C21H22ClFN4O3. The summed E-state index contributed by atoms with van der Waals surface area (Å²) in [6.45, 7) is 2.29. The summed E-state index contributed by atoms with van der Waals surface area (Å²) in [7, 11) is 3.13. The van der Waals surface area contributed by atoms with E-state index in [1.165, 1.54) is 34.8 Å². The van der Waals surface area contributed by atoms with E-state index in [4.69, 9.17) is 16.3 Å². The van der Waals surface area contributed by atoms with Crippen molar-refractivity contribution in [3.8, 4) is 0 Å². The largest absolute Gasteiger partial charge is 0.383 e. The van der Waals surface area contributed by atoms with Gasteiger partial charge >= 0.3 is 6.03 Å². The standard InChI is InChI=1S/C21H22ClFN4O3/c1-13(19-25-18-8-7-14(22)11-17(18)20(28)26(19)2)27(9-10-30-3)21(29)24-16-6-4-5-15(23)12-16/h4-8,11-13H,9-10H2,1-3H3,(H,24,29). The summed E-state index contributed by atoms with van der Waals surface area (Å²) in [4.78, 5) is 31.8. The quantitative estimate of drug-likeness (QED) is 0.639. The molecule has 0 bridgehead atoms. The molecule has 1 atom stereocenters. The van der Waals surface area contributed by atoms with Crippen LogP contribution in [-0.2, 0) is 11.8 Å². The number of fused-ring (bicyclic) bond motifs is 1. The highest BCUT2D eigenvalue weighted by atomic mass is 35.5. The van der Waals surface area contributed by atoms with Crippen LogP contribution in [0.5, 0.6) is 0 Å². The molecule has 9 heteroatoms. The molecule has 1 aromatic heterocycles. The molecule has 2 amide bonds. The maximum atomic E-state index is 13.5. The lowest BCUT2D eigenvalue weighted by Gasteiger charge is -2.30. The Morgan fingerprint density at radius 3 is 2.80 bits per heavy atom. The summed E-state index contributed by atoms with van der Waals surface area (Å²) < 4.78 is 20.0. The SMILES string of the molecule is COCCN(C(=O)Nc1cccc(F)c1)C(C)c1nc2ccc(Cl)cc2c(=O)n1C. The van der Waals surface area contributed by atoms with Gasteiger partial charge in [0.05, 0.1) is 23.6 Å². The minimum atomic E-state index is -0.563. The lowest BCUT2D eigenvalue weighted by atomic mass is 10.2. The smallest absolute Gasteiger partial charge is 0.322 e. The molecule has 3 aromatic rings. The maximum Gasteiger partial charge on any atom is 0.322 e. The molecule has 0 aliphatic rings. The first-order valence-corrected chi connectivity index (χ1v) is 9.68. The third-order valence-corrected chi connectivity index (χ3v) is 5.02. The van der Waals surface area contributed by atoms with Crippen molar-refractivity contribution in [3.63, 3.8) is 0 Å². The van der Waals surface area contributed by atoms with Gasteiger partial charge in [0.15, 0.2) is 0 Å². The Morgan fingerprint density at radius 1 is 1.33 bits per heavy atom. The number of halogens is 2.